The summed E-state index contributed by atoms with van der Waals surface area (Å²) in [6.07, 6.45) is 0.732. The Morgan fingerprint density at radius 2 is 1.71 bits per heavy atom. The Kier molecular flexibility index (Phi) is 8.21. The molecule has 0 unspecified atom stereocenters. The standard InChI is InChI=1S/C16H19N5O6S/c1-10(22)8-19-14(24)9-20-13(23)5-6-18-15(25)12-4-3-11(7-17)16(21-12)28(2,26)27/h3-4H,5-6,8-9H2,1-2H3,(H,18,25)(H,19,24)(H,20,23). The molecule has 0 aliphatic heterocycles. The zero-order chi connectivity index (χ0) is 21.3. The predicted octanol–water partition coefficient (Wildman–Crippen LogP) is -1.70. The lowest BCUT2D eigenvalue weighted by Crippen LogP contribution is -2.39. The molecular weight excluding hydrogens is 390 g/mol. The third-order valence-corrected chi connectivity index (χ3v) is 4.20. The van der Waals surface area contributed by atoms with Gasteiger partial charge in [0.2, 0.25) is 11.8 Å². The molecule has 28 heavy (non-hydrogen) atoms. The van der Waals surface area contributed by atoms with Crippen LogP contribution < -0.4 is 16.0 Å². The molecule has 0 radical (unpaired) electrons. The van der Waals surface area contributed by atoms with E-state index in [0.29, 0.717) is 0 Å². The highest BCUT2D eigenvalue weighted by atomic mass is 32.2. The van der Waals surface area contributed by atoms with Crippen LogP contribution in [0.25, 0.3) is 0 Å². The van der Waals surface area contributed by atoms with Crippen LogP contribution in [0.1, 0.15) is 29.4 Å². The minimum Gasteiger partial charge on any atom is -0.350 e. The molecule has 150 valence electrons. The third kappa shape index (κ3) is 7.50. The van der Waals surface area contributed by atoms with Crippen LogP contribution in [0.3, 0.4) is 0 Å². The van der Waals surface area contributed by atoms with Crippen LogP contribution in [0.2, 0.25) is 0 Å². The Bertz CT molecular complexity index is 935. The number of ketones is 1. The number of sulfone groups is 1. The Hall–Kier alpha value is -3.33. The van der Waals surface area contributed by atoms with E-state index in [1.807, 2.05) is 0 Å². The van der Waals surface area contributed by atoms with Crippen molar-refractivity contribution in [3.8, 4) is 6.07 Å². The quantitative estimate of drug-likeness (QED) is 0.432. The van der Waals surface area contributed by atoms with Gasteiger partial charge in [-0.05, 0) is 19.1 Å². The zero-order valence-corrected chi connectivity index (χ0v) is 16.1. The van der Waals surface area contributed by atoms with Gasteiger partial charge in [0.15, 0.2) is 14.9 Å². The van der Waals surface area contributed by atoms with E-state index < -0.39 is 32.6 Å². The first-order valence-electron chi connectivity index (χ1n) is 7.97. The van der Waals surface area contributed by atoms with Crippen molar-refractivity contribution in [2.24, 2.45) is 0 Å². The van der Waals surface area contributed by atoms with E-state index in [0.717, 1.165) is 6.26 Å². The molecule has 1 aromatic heterocycles. The average Bonchev–Trinajstić information content (AvgIpc) is 2.63. The first-order chi connectivity index (χ1) is 13.0. The number of rotatable bonds is 9. The minimum absolute atomic E-state index is 0.0877. The minimum atomic E-state index is -3.80. The van der Waals surface area contributed by atoms with Crippen molar-refractivity contribution in [3.05, 3.63) is 23.4 Å². The number of nitrogens with zero attached hydrogens (tertiary/aromatic N) is 2. The van der Waals surface area contributed by atoms with Crippen molar-refractivity contribution in [3.63, 3.8) is 0 Å². The molecule has 1 rings (SSSR count). The number of carbonyl (C=O) groups is 4. The van der Waals surface area contributed by atoms with Crippen molar-refractivity contribution in [1.82, 2.24) is 20.9 Å². The molecule has 0 saturated heterocycles. The number of aromatic nitrogens is 1. The number of nitrogens with one attached hydrogen (secondary N) is 3. The molecule has 0 saturated carbocycles. The topological polar surface area (TPSA) is 175 Å². The molecule has 1 aromatic rings. The summed E-state index contributed by atoms with van der Waals surface area (Å²) in [5.74, 6) is -1.98. The van der Waals surface area contributed by atoms with Gasteiger partial charge in [0, 0.05) is 19.2 Å². The van der Waals surface area contributed by atoms with Gasteiger partial charge < -0.3 is 16.0 Å². The normalized spacial score (nSPS) is 10.5. The van der Waals surface area contributed by atoms with E-state index in [4.69, 9.17) is 5.26 Å². The van der Waals surface area contributed by atoms with Gasteiger partial charge in [-0.1, -0.05) is 0 Å². The van der Waals surface area contributed by atoms with Crippen molar-refractivity contribution in [1.29, 1.82) is 5.26 Å². The fraction of sp³-hybridized carbons (Fsp3) is 0.375. The summed E-state index contributed by atoms with van der Waals surface area (Å²) >= 11 is 0. The molecule has 3 amide bonds. The van der Waals surface area contributed by atoms with Crippen LogP contribution in [-0.2, 0) is 24.2 Å². The highest BCUT2D eigenvalue weighted by Gasteiger charge is 2.18. The summed E-state index contributed by atoms with van der Waals surface area (Å²) in [5.41, 5.74) is -0.398. The lowest BCUT2D eigenvalue weighted by atomic mass is 10.2. The van der Waals surface area contributed by atoms with E-state index in [1.54, 1.807) is 6.07 Å². The average molecular weight is 409 g/mol. The van der Waals surface area contributed by atoms with E-state index >= 15 is 0 Å². The summed E-state index contributed by atoms with van der Waals surface area (Å²) < 4.78 is 23.3. The summed E-state index contributed by atoms with van der Waals surface area (Å²) in [4.78, 5) is 49.5. The number of pyridine rings is 1. The summed E-state index contributed by atoms with van der Waals surface area (Å²) in [5, 5.41) is 15.4. The highest BCUT2D eigenvalue weighted by Crippen LogP contribution is 2.13. The lowest BCUT2D eigenvalue weighted by molar-refractivity contribution is -0.127. The summed E-state index contributed by atoms with van der Waals surface area (Å²) in [6, 6.07) is 4.05. The third-order valence-electron chi connectivity index (χ3n) is 3.18. The van der Waals surface area contributed by atoms with E-state index in [2.05, 4.69) is 20.9 Å². The van der Waals surface area contributed by atoms with Crippen molar-refractivity contribution in [2.45, 2.75) is 18.4 Å². The second-order valence-electron chi connectivity index (χ2n) is 5.69. The number of carbonyl (C=O) groups excluding carboxylic acids is 4. The zero-order valence-electron chi connectivity index (χ0n) is 15.2. The molecule has 0 spiro atoms. The maximum absolute atomic E-state index is 12.0. The molecule has 0 bridgehead atoms. The molecule has 0 aliphatic carbocycles. The van der Waals surface area contributed by atoms with E-state index in [9.17, 15) is 27.6 Å². The van der Waals surface area contributed by atoms with Gasteiger partial charge in [0.25, 0.3) is 5.91 Å². The van der Waals surface area contributed by atoms with E-state index in [1.165, 1.54) is 19.1 Å². The molecule has 0 atom stereocenters. The van der Waals surface area contributed by atoms with Gasteiger partial charge in [-0.25, -0.2) is 13.4 Å². The van der Waals surface area contributed by atoms with Crippen LogP contribution in [0.5, 0.6) is 0 Å². The van der Waals surface area contributed by atoms with Gasteiger partial charge in [-0.15, -0.1) is 0 Å². The number of hydrogen-bond acceptors (Lipinski definition) is 8. The van der Waals surface area contributed by atoms with Crippen LogP contribution in [0.15, 0.2) is 17.2 Å². The van der Waals surface area contributed by atoms with Gasteiger partial charge in [0.05, 0.1) is 18.7 Å². The second-order valence-corrected chi connectivity index (χ2v) is 7.63. The molecule has 0 aliphatic rings. The van der Waals surface area contributed by atoms with Crippen LogP contribution in [0.4, 0.5) is 0 Å². The molecule has 11 nitrogen and oxygen atoms in total. The highest BCUT2D eigenvalue weighted by molar-refractivity contribution is 7.90. The number of amides is 3. The first-order valence-corrected chi connectivity index (χ1v) is 9.86. The fourth-order valence-electron chi connectivity index (χ4n) is 1.87. The van der Waals surface area contributed by atoms with Gasteiger partial charge in [-0.3, -0.25) is 19.2 Å². The van der Waals surface area contributed by atoms with Gasteiger partial charge >= 0.3 is 0 Å². The van der Waals surface area contributed by atoms with Crippen LogP contribution >= 0.6 is 0 Å². The maximum Gasteiger partial charge on any atom is 0.269 e. The molecule has 12 heteroatoms. The number of nitriles is 1. The van der Waals surface area contributed by atoms with Crippen molar-refractivity contribution in [2.75, 3.05) is 25.9 Å². The van der Waals surface area contributed by atoms with Gasteiger partial charge in [-0.2, -0.15) is 5.26 Å². The van der Waals surface area contributed by atoms with Crippen LogP contribution in [0, 0.1) is 11.3 Å². The van der Waals surface area contributed by atoms with E-state index in [-0.39, 0.29) is 43.1 Å². The SMILES string of the molecule is CC(=O)CNC(=O)CNC(=O)CCNC(=O)c1ccc(C#N)c(S(C)(=O)=O)n1. The Balaban J connectivity index is 2.53. The predicted molar refractivity (Wildman–Crippen MR) is 95.7 cm³/mol. The number of Topliss-reactive ketones (excluding diaryl/α,β-unsaturated/α-hetero) is 1. The number of hydrogen-bond donors (Lipinski definition) is 3. The maximum atomic E-state index is 12.0. The Labute approximate surface area is 161 Å². The lowest BCUT2D eigenvalue weighted by Gasteiger charge is -2.08. The molecule has 3 N–H and O–H groups in total. The second kappa shape index (κ2) is 10.1. The Morgan fingerprint density at radius 3 is 2.29 bits per heavy atom. The first kappa shape index (κ1) is 22.7. The van der Waals surface area contributed by atoms with Crippen molar-refractivity contribution < 1.29 is 27.6 Å². The largest absolute Gasteiger partial charge is 0.350 e. The fourth-order valence-corrected chi connectivity index (χ4v) is 2.64. The smallest absolute Gasteiger partial charge is 0.269 e. The van der Waals surface area contributed by atoms with Crippen LogP contribution in [-0.4, -0.2) is 62.8 Å². The monoisotopic (exact) mass is 409 g/mol. The van der Waals surface area contributed by atoms with Gasteiger partial charge in [0.1, 0.15) is 17.5 Å². The molecular formula is C16H19N5O6S. The summed E-state index contributed by atoms with van der Waals surface area (Å²) in [7, 11) is -3.80. The molecule has 0 aromatic carbocycles. The summed E-state index contributed by atoms with van der Waals surface area (Å²) in [6.45, 7) is 0.783. The molecule has 0 fully saturated rings. The molecule has 1 heterocycles. The Morgan fingerprint density at radius 1 is 1.07 bits per heavy atom. The van der Waals surface area contributed by atoms with Crippen molar-refractivity contribution >= 4 is 33.3 Å².